The maximum absolute atomic E-state index is 12.8. The van der Waals surface area contributed by atoms with Crippen molar-refractivity contribution in [3.63, 3.8) is 0 Å². The van der Waals surface area contributed by atoms with Crippen LogP contribution in [0.1, 0.15) is 15.9 Å². The third kappa shape index (κ3) is 5.33. The zero-order valence-electron chi connectivity index (χ0n) is 17.8. The van der Waals surface area contributed by atoms with E-state index in [4.69, 9.17) is 11.6 Å². The number of benzene rings is 1. The van der Waals surface area contributed by atoms with Gasteiger partial charge in [-0.05, 0) is 24.3 Å². The number of nitrogens with zero attached hydrogens (tertiary/aromatic N) is 5. The Morgan fingerprint density at radius 3 is 2.35 bits per heavy atom. The molecule has 1 fully saturated rings. The average Bonchev–Trinajstić information content (AvgIpc) is 2.84. The predicted octanol–water partition coefficient (Wildman–Crippen LogP) is 1.89. The monoisotopic (exact) mass is 501 g/mol. The van der Waals surface area contributed by atoms with Gasteiger partial charge in [-0.15, -0.1) is 0 Å². The third-order valence-corrected chi connectivity index (χ3v) is 7.06. The van der Waals surface area contributed by atoms with Crippen LogP contribution in [0.15, 0.2) is 60.5 Å². The number of piperazine rings is 1. The molecule has 3 heterocycles. The first-order valence-corrected chi connectivity index (χ1v) is 12.1. The van der Waals surface area contributed by atoms with Gasteiger partial charge in [0.25, 0.3) is 5.91 Å². The maximum atomic E-state index is 12.8. The molecule has 4 rings (SSSR count). The molecule has 1 amide bonds. The van der Waals surface area contributed by atoms with Gasteiger partial charge >= 0.3 is 0 Å². The highest BCUT2D eigenvalue weighted by atomic mass is 35.5. The van der Waals surface area contributed by atoms with Crippen molar-refractivity contribution in [1.29, 1.82) is 0 Å². The van der Waals surface area contributed by atoms with E-state index in [1.807, 2.05) is 0 Å². The third-order valence-electron chi connectivity index (χ3n) is 5.26. The molecule has 3 aromatic rings. The molecule has 12 heteroatoms. The van der Waals surface area contributed by atoms with Crippen molar-refractivity contribution >= 4 is 33.6 Å². The van der Waals surface area contributed by atoms with Crippen molar-refractivity contribution in [2.45, 2.75) is 0 Å². The summed E-state index contributed by atoms with van der Waals surface area (Å²) in [5.41, 5.74) is 1.26. The second kappa shape index (κ2) is 9.75. The normalized spacial score (nSPS) is 15.0. The molecule has 34 heavy (non-hydrogen) atoms. The number of amides is 1. The molecular weight excluding hydrogens is 482 g/mol. The molecule has 0 saturated carbocycles. The molecule has 0 spiro atoms. The minimum absolute atomic E-state index is 0.121. The Bertz CT molecular complexity index is 1320. The molecular formula is C22H20ClN5O5S. The summed E-state index contributed by atoms with van der Waals surface area (Å²) in [6.45, 7) is 0.677. The van der Waals surface area contributed by atoms with Crippen LogP contribution in [0, 0.1) is 5.21 Å². The molecule has 0 aliphatic carbocycles. The first kappa shape index (κ1) is 23.6. The summed E-state index contributed by atoms with van der Waals surface area (Å²) in [5, 5.41) is 22.4. The topological polar surface area (TPSA) is 131 Å². The van der Waals surface area contributed by atoms with Crippen molar-refractivity contribution in [3.05, 3.63) is 81.9 Å². The van der Waals surface area contributed by atoms with E-state index in [1.54, 1.807) is 23.1 Å². The van der Waals surface area contributed by atoms with Crippen LogP contribution in [0.25, 0.3) is 17.5 Å². The van der Waals surface area contributed by atoms with Crippen molar-refractivity contribution in [2.75, 3.05) is 26.2 Å². The number of rotatable bonds is 5. The Labute approximate surface area is 201 Å². The Kier molecular flexibility index (Phi) is 6.77. The number of pyridine rings is 1. The van der Waals surface area contributed by atoms with Gasteiger partial charge in [-0.3, -0.25) is 4.79 Å². The lowest BCUT2D eigenvalue weighted by atomic mass is 10.2. The van der Waals surface area contributed by atoms with Crippen LogP contribution in [0.5, 0.6) is 5.75 Å². The lowest BCUT2D eigenvalue weighted by Crippen LogP contribution is -2.50. The molecule has 1 aliphatic heterocycles. The summed E-state index contributed by atoms with van der Waals surface area (Å²) in [4.78, 5) is 22.7. The zero-order chi connectivity index (χ0) is 24.3. The number of phenols is 1. The minimum atomic E-state index is -3.74. The molecule has 1 aliphatic rings. The number of halogens is 1. The number of aromatic nitrogens is 3. The van der Waals surface area contributed by atoms with E-state index >= 15 is 0 Å². The Hall–Kier alpha value is -3.54. The summed E-state index contributed by atoms with van der Waals surface area (Å²) >= 11 is 5.79. The number of phenolic OH excluding ortho intramolecular Hbond substituents is 1. The molecule has 0 radical (unpaired) electrons. The molecule has 176 valence electrons. The van der Waals surface area contributed by atoms with Crippen LogP contribution in [0.4, 0.5) is 0 Å². The van der Waals surface area contributed by atoms with Gasteiger partial charge in [0.15, 0.2) is 18.2 Å². The van der Waals surface area contributed by atoms with Crippen molar-refractivity contribution in [3.8, 4) is 17.1 Å². The number of hydrogen-bond donors (Lipinski definition) is 1. The fourth-order valence-corrected chi connectivity index (χ4v) is 4.71. The summed E-state index contributed by atoms with van der Waals surface area (Å²) in [6.07, 6.45) is 6.79. The smallest absolute Gasteiger partial charge is 0.257 e. The quantitative estimate of drug-likeness (QED) is 0.417. The van der Waals surface area contributed by atoms with Crippen LogP contribution in [0.3, 0.4) is 0 Å². The van der Waals surface area contributed by atoms with E-state index in [9.17, 15) is 23.5 Å². The van der Waals surface area contributed by atoms with Crippen LogP contribution in [0.2, 0.25) is 5.02 Å². The van der Waals surface area contributed by atoms with Gasteiger partial charge in [0.05, 0.1) is 5.56 Å². The van der Waals surface area contributed by atoms with E-state index in [-0.39, 0.29) is 43.4 Å². The first-order chi connectivity index (χ1) is 16.2. The van der Waals surface area contributed by atoms with E-state index in [1.165, 1.54) is 47.3 Å². The van der Waals surface area contributed by atoms with E-state index in [2.05, 4.69) is 9.97 Å². The van der Waals surface area contributed by atoms with Gasteiger partial charge in [0.2, 0.25) is 10.0 Å². The second-order valence-corrected chi connectivity index (χ2v) is 9.74. The maximum Gasteiger partial charge on any atom is 0.257 e. The summed E-state index contributed by atoms with van der Waals surface area (Å²) in [6, 6.07) is 7.55. The van der Waals surface area contributed by atoms with Gasteiger partial charge in [0, 0.05) is 72.3 Å². The van der Waals surface area contributed by atoms with Gasteiger partial charge in [-0.2, -0.15) is 9.04 Å². The van der Waals surface area contributed by atoms with Crippen LogP contribution >= 0.6 is 11.6 Å². The molecule has 0 atom stereocenters. The van der Waals surface area contributed by atoms with E-state index < -0.39 is 10.0 Å². The first-order valence-electron chi connectivity index (χ1n) is 10.2. The molecule has 1 N–H and O–H groups in total. The minimum Gasteiger partial charge on any atom is -0.619 e. The van der Waals surface area contributed by atoms with Gasteiger partial charge < -0.3 is 15.2 Å². The van der Waals surface area contributed by atoms with Crippen LogP contribution in [-0.2, 0) is 10.0 Å². The summed E-state index contributed by atoms with van der Waals surface area (Å²) in [7, 11) is -3.74. The SMILES string of the molecule is O=C(c1cnc(-c2cc[n+]([O-])cc2)nc1)N1CCN(S(=O)(=O)/C=C/c2ccc(Cl)cc2O)CC1. The Morgan fingerprint density at radius 1 is 1.09 bits per heavy atom. The molecule has 1 aromatic carbocycles. The van der Waals surface area contributed by atoms with Gasteiger partial charge in [-0.1, -0.05) is 11.6 Å². The lowest BCUT2D eigenvalue weighted by Gasteiger charge is -2.33. The number of carbonyl (C=O) groups is 1. The number of hydrogen-bond acceptors (Lipinski definition) is 7. The highest BCUT2D eigenvalue weighted by molar-refractivity contribution is 7.92. The highest BCUT2D eigenvalue weighted by Crippen LogP contribution is 2.24. The summed E-state index contributed by atoms with van der Waals surface area (Å²) < 4.78 is 27.3. The van der Waals surface area contributed by atoms with Crippen molar-refractivity contribution in [2.24, 2.45) is 0 Å². The molecule has 0 bridgehead atoms. The number of aromatic hydroxyl groups is 1. The van der Waals surface area contributed by atoms with E-state index in [0.717, 1.165) is 5.41 Å². The fourth-order valence-electron chi connectivity index (χ4n) is 3.38. The molecule has 2 aromatic heterocycles. The Morgan fingerprint density at radius 2 is 1.74 bits per heavy atom. The second-order valence-electron chi connectivity index (χ2n) is 7.48. The van der Waals surface area contributed by atoms with Crippen LogP contribution in [-0.4, -0.2) is 64.8 Å². The number of carbonyl (C=O) groups excluding carboxylic acids is 1. The summed E-state index contributed by atoms with van der Waals surface area (Å²) in [5.74, 6) is -0.0359. The standard InChI is InChI=1S/C22H20ClN5O5S/c23-19-2-1-16(20(29)13-19)5-12-34(32,33)28-10-8-26(9-11-28)22(30)18-14-24-21(25-15-18)17-3-6-27(31)7-4-17/h1-7,12-15,29H,8-11H2/b12-5+. The van der Waals surface area contributed by atoms with Gasteiger partial charge in [-0.25, -0.2) is 18.4 Å². The zero-order valence-corrected chi connectivity index (χ0v) is 19.4. The average molecular weight is 502 g/mol. The largest absolute Gasteiger partial charge is 0.619 e. The molecule has 10 nitrogen and oxygen atoms in total. The predicted molar refractivity (Wildman–Crippen MR) is 125 cm³/mol. The Balaban J connectivity index is 1.37. The fraction of sp³-hybridized carbons (Fsp3) is 0.182. The number of sulfonamides is 1. The molecule has 0 unspecified atom stereocenters. The lowest BCUT2D eigenvalue weighted by molar-refractivity contribution is -0.605. The van der Waals surface area contributed by atoms with Crippen molar-refractivity contribution < 1.29 is 23.0 Å². The van der Waals surface area contributed by atoms with E-state index in [0.29, 0.717) is 26.7 Å². The van der Waals surface area contributed by atoms with Gasteiger partial charge in [0.1, 0.15) is 5.75 Å². The highest BCUT2D eigenvalue weighted by Gasteiger charge is 2.28. The molecule has 1 saturated heterocycles. The van der Waals surface area contributed by atoms with Crippen LogP contribution < -0.4 is 4.73 Å². The van der Waals surface area contributed by atoms with Crippen molar-refractivity contribution in [1.82, 2.24) is 19.2 Å².